The molecule has 0 bridgehead atoms. The fourth-order valence-corrected chi connectivity index (χ4v) is 5.57. The largest absolute Gasteiger partial charge is 0.481 e. The third-order valence-electron chi connectivity index (χ3n) is 8.08. The van der Waals surface area contributed by atoms with E-state index in [4.69, 9.17) is 11.5 Å². The topological polar surface area (TPSA) is 301 Å². The molecule has 0 aromatic rings. The first-order chi connectivity index (χ1) is 23.4. The number of unbranched alkanes of at least 4 members (excludes halogenated alkanes) is 1. The highest BCUT2D eigenvalue weighted by Gasteiger charge is 2.40. The van der Waals surface area contributed by atoms with Crippen LogP contribution in [-0.2, 0) is 38.4 Å². The molecule has 0 aromatic carbocycles. The summed E-state index contributed by atoms with van der Waals surface area (Å²) in [6, 6.07) is -7.67. The van der Waals surface area contributed by atoms with Crippen LogP contribution in [0.25, 0.3) is 0 Å². The maximum atomic E-state index is 13.7. The van der Waals surface area contributed by atoms with Crippen molar-refractivity contribution in [1.82, 2.24) is 26.2 Å². The summed E-state index contributed by atoms with van der Waals surface area (Å²) in [5.74, 6) is -8.17. The minimum atomic E-state index is -1.66. The highest BCUT2D eigenvalue weighted by molar-refractivity contribution is 5.97. The minimum Gasteiger partial charge on any atom is -0.481 e. The molecule has 0 radical (unpaired) electrons. The van der Waals surface area contributed by atoms with Gasteiger partial charge in [-0.2, -0.15) is 0 Å². The van der Waals surface area contributed by atoms with Crippen molar-refractivity contribution in [1.29, 1.82) is 0 Å². The number of carboxylic acid groups (broad SMARTS) is 3. The number of amides is 5. The first-order valence-corrected chi connectivity index (χ1v) is 17.0. The number of hydrogen-bond donors (Lipinski definition) is 9. The zero-order valence-corrected chi connectivity index (χ0v) is 29.3. The van der Waals surface area contributed by atoms with Crippen LogP contribution in [0.2, 0.25) is 0 Å². The van der Waals surface area contributed by atoms with E-state index in [1.54, 1.807) is 13.8 Å². The number of nitrogens with zero attached hydrogens (tertiary/aromatic N) is 1. The van der Waals surface area contributed by atoms with Crippen LogP contribution < -0.4 is 32.7 Å². The number of carbonyl (C=O) groups excluding carboxylic acids is 5. The Labute approximate surface area is 291 Å². The molecule has 1 heterocycles. The number of hydrogen-bond acceptors (Lipinski definition) is 10. The molecular formula is C32H55N7O11. The van der Waals surface area contributed by atoms with Crippen molar-refractivity contribution in [2.75, 3.05) is 13.1 Å². The first-order valence-electron chi connectivity index (χ1n) is 17.0. The molecule has 1 saturated heterocycles. The number of aliphatic carboxylic acids is 3. The van der Waals surface area contributed by atoms with Gasteiger partial charge in [-0.1, -0.05) is 27.7 Å². The summed E-state index contributed by atoms with van der Waals surface area (Å²) < 4.78 is 0. The third-order valence-corrected chi connectivity index (χ3v) is 8.08. The Morgan fingerprint density at radius 3 is 1.84 bits per heavy atom. The maximum absolute atomic E-state index is 13.7. The molecule has 1 fully saturated rings. The molecule has 18 nitrogen and oxygen atoms in total. The summed E-state index contributed by atoms with van der Waals surface area (Å²) in [7, 11) is 0. The van der Waals surface area contributed by atoms with E-state index in [9.17, 15) is 53.7 Å². The monoisotopic (exact) mass is 713 g/mol. The standard InChI is InChI=1S/C32H55N7O11/c1-17(2)14-19(34)27(44)35-20(10-11-25(40)41)28(45)37-22(15-18(3)4)29(46)38-23(16-26(42)43)31(48)39-13-7-9-24(39)30(47)36-21(32(49)50)8-5-6-12-33/h17-24H,5-16,33-34H2,1-4H3,(H,35,44)(H,36,47)(H,37,45)(H,38,46)(H,40,41)(H,42,43)(H,49,50)/t19-,20-,21-,22-,23-,24-/m0/s1. The first kappa shape index (κ1) is 43.7. The molecule has 1 aliphatic heterocycles. The summed E-state index contributed by atoms with van der Waals surface area (Å²) in [5.41, 5.74) is 11.4. The van der Waals surface area contributed by atoms with Gasteiger partial charge in [-0.05, 0) is 69.7 Å². The van der Waals surface area contributed by atoms with Crippen molar-refractivity contribution in [2.45, 2.75) is 128 Å². The number of carbonyl (C=O) groups is 8. The van der Waals surface area contributed by atoms with Crippen molar-refractivity contribution in [2.24, 2.45) is 23.3 Å². The number of nitrogens with two attached hydrogens (primary N) is 2. The molecule has 284 valence electrons. The van der Waals surface area contributed by atoms with Gasteiger partial charge in [-0.15, -0.1) is 0 Å². The second-order valence-electron chi connectivity index (χ2n) is 13.5. The SMILES string of the molecule is CC(C)C[C@H](NC(=O)[C@H](CCC(=O)O)NC(=O)[C@@H](N)CC(C)C)C(=O)N[C@@H](CC(=O)O)C(=O)N1CCC[C@H]1C(=O)N[C@@H](CCCCN)C(=O)O. The predicted molar refractivity (Wildman–Crippen MR) is 179 cm³/mol. The predicted octanol–water partition coefficient (Wildman–Crippen LogP) is -1.11. The Morgan fingerprint density at radius 2 is 1.30 bits per heavy atom. The lowest BCUT2D eigenvalue weighted by Crippen LogP contribution is -2.59. The van der Waals surface area contributed by atoms with Crippen molar-refractivity contribution in [3.8, 4) is 0 Å². The molecule has 18 heteroatoms. The van der Waals surface area contributed by atoms with Gasteiger partial charge in [0.1, 0.15) is 30.2 Å². The molecule has 1 rings (SSSR count). The van der Waals surface area contributed by atoms with Gasteiger partial charge in [0.25, 0.3) is 0 Å². The van der Waals surface area contributed by atoms with E-state index in [-0.39, 0.29) is 44.1 Å². The molecule has 5 amide bonds. The normalized spacial score (nSPS) is 17.3. The molecule has 6 atom stereocenters. The Hall–Kier alpha value is -4.32. The molecule has 0 unspecified atom stereocenters. The quantitative estimate of drug-likeness (QED) is 0.0568. The van der Waals surface area contributed by atoms with Crippen LogP contribution in [0.4, 0.5) is 0 Å². The summed E-state index contributed by atoms with van der Waals surface area (Å²) in [6.07, 6.45) is 0.302. The van der Waals surface area contributed by atoms with Crippen molar-refractivity contribution in [3.63, 3.8) is 0 Å². The van der Waals surface area contributed by atoms with Crippen LogP contribution >= 0.6 is 0 Å². The van der Waals surface area contributed by atoms with E-state index in [1.807, 2.05) is 13.8 Å². The van der Waals surface area contributed by atoms with Crippen LogP contribution in [0.3, 0.4) is 0 Å². The smallest absolute Gasteiger partial charge is 0.326 e. The summed E-state index contributed by atoms with van der Waals surface area (Å²) in [5, 5.41) is 38.2. The summed E-state index contributed by atoms with van der Waals surface area (Å²) in [4.78, 5) is 102. The summed E-state index contributed by atoms with van der Waals surface area (Å²) >= 11 is 0. The molecule has 0 saturated carbocycles. The Bertz CT molecular complexity index is 1210. The molecular weight excluding hydrogens is 658 g/mol. The molecule has 0 aliphatic carbocycles. The molecule has 11 N–H and O–H groups in total. The van der Waals surface area contributed by atoms with Gasteiger partial charge in [-0.25, -0.2) is 4.79 Å². The van der Waals surface area contributed by atoms with Crippen molar-refractivity contribution >= 4 is 47.4 Å². The molecule has 0 aromatic heterocycles. The minimum absolute atomic E-state index is 0.0213. The maximum Gasteiger partial charge on any atom is 0.326 e. The van der Waals surface area contributed by atoms with Crippen LogP contribution in [0, 0.1) is 11.8 Å². The van der Waals surface area contributed by atoms with Crippen LogP contribution in [0.1, 0.15) is 91.9 Å². The Balaban J connectivity index is 3.21. The number of nitrogens with one attached hydrogen (secondary N) is 4. The summed E-state index contributed by atoms with van der Waals surface area (Å²) in [6.45, 7) is 7.57. The van der Waals surface area contributed by atoms with E-state index >= 15 is 0 Å². The lowest BCUT2D eigenvalue weighted by molar-refractivity contribution is -0.147. The van der Waals surface area contributed by atoms with E-state index < -0.39 is 96.5 Å². The van der Waals surface area contributed by atoms with Crippen molar-refractivity contribution < 1.29 is 53.7 Å². The fourth-order valence-electron chi connectivity index (χ4n) is 5.57. The van der Waals surface area contributed by atoms with E-state index in [0.717, 1.165) is 4.90 Å². The Morgan fingerprint density at radius 1 is 0.720 bits per heavy atom. The lowest BCUT2D eigenvalue weighted by atomic mass is 10.0. The highest BCUT2D eigenvalue weighted by Crippen LogP contribution is 2.20. The average molecular weight is 714 g/mol. The van der Waals surface area contributed by atoms with Crippen LogP contribution in [0.15, 0.2) is 0 Å². The van der Waals surface area contributed by atoms with E-state index in [0.29, 0.717) is 32.2 Å². The lowest BCUT2D eigenvalue weighted by Gasteiger charge is -2.30. The van der Waals surface area contributed by atoms with Gasteiger partial charge in [0.05, 0.1) is 12.5 Å². The number of likely N-dealkylation sites (tertiary alicyclic amines) is 1. The Kier molecular flexibility index (Phi) is 19.0. The van der Waals surface area contributed by atoms with Crippen LogP contribution in [0.5, 0.6) is 0 Å². The third kappa shape index (κ3) is 15.5. The van der Waals surface area contributed by atoms with E-state index in [2.05, 4.69) is 21.3 Å². The zero-order chi connectivity index (χ0) is 38.1. The van der Waals surface area contributed by atoms with Crippen molar-refractivity contribution in [3.05, 3.63) is 0 Å². The molecule has 1 aliphatic rings. The van der Waals surface area contributed by atoms with Gasteiger partial charge in [0, 0.05) is 13.0 Å². The highest BCUT2D eigenvalue weighted by atomic mass is 16.4. The fraction of sp³-hybridized carbons (Fsp3) is 0.750. The van der Waals surface area contributed by atoms with Gasteiger partial charge < -0.3 is 53.0 Å². The van der Waals surface area contributed by atoms with E-state index in [1.165, 1.54) is 0 Å². The number of rotatable bonds is 23. The van der Waals surface area contributed by atoms with Gasteiger partial charge in [0.2, 0.25) is 29.5 Å². The second-order valence-corrected chi connectivity index (χ2v) is 13.5. The average Bonchev–Trinajstić information content (AvgIpc) is 3.50. The van der Waals surface area contributed by atoms with Gasteiger partial charge >= 0.3 is 17.9 Å². The molecule has 0 spiro atoms. The van der Waals surface area contributed by atoms with Crippen LogP contribution in [-0.4, -0.2) is 117 Å². The van der Waals surface area contributed by atoms with Gasteiger partial charge in [0.15, 0.2) is 0 Å². The number of carboxylic acids is 3. The zero-order valence-electron chi connectivity index (χ0n) is 29.3. The second kappa shape index (κ2) is 21.7. The molecule has 50 heavy (non-hydrogen) atoms. The van der Waals surface area contributed by atoms with Gasteiger partial charge in [-0.3, -0.25) is 33.6 Å².